The van der Waals surface area contributed by atoms with Crippen LogP contribution in [0.4, 0.5) is 22.0 Å². The van der Waals surface area contributed by atoms with Crippen molar-refractivity contribution >= 4 is 63.1 Å². The molecule has 4 atom stereocenters. The highest BCUT2D eigenvalue weighted by Gasteiger charge is 2.53. The molecular weight excluding hydrogens is 769 g/mol. The summed E-state index contributed by atoms with van der Waals surface area (Å²) in [6.07, 6.45) is 3.81. The maximum absolute atomic E-state index is 14.1. The third-order valence-corrected chi connectivity index (χ3v) is 7.92. The van der Waals surface area contributed by atoms with Gasteiger partial charge in [0.15, 0.2) is 29.0 Å². The van der Waals surface area contributed by atoms with Gasteiger partial charge in [-0.05, 0) is 96.3 Å². The van der Waals surface area contributed by atoms with E-state index in [4.69, 9.17) is 14.2 Å². The molecule has 2 bridgehead atoms. The largest absolute Gasteiger partial charge is 0.460 e. The number of allylic oxidation sites excluding steroid dienone is 2. The van der Waals surface area contributed by atoms with E-state index in [1.54, 1.807) is 39.0 Å². The molecule has 1 saturated carbocycles. The molecule has 2 aliphatic carbocycles. The zero-order chi connectivity index (χ0) is 29.7. The van der Waals surface area contributed by atoms with Crippen LogP contribution in [-0.2, 0) is 25.7 Å². The van der Waals surface area contributed by atoms with Gasteiger partial charge in [0.25, 0.3) is 0 Å². The number of hydrogen-bond donors (Lipinski definition) is 0. The molecule has 0 radical (unpaired) electrons. The number of carbonyl (C=O) groups is 3. The lowest BCUT2D eigenvalue weighted by Crippen LogP contribution is -2.37. The summed E-state index contributed by atoms with van der Waals surface area (Å²) in [5, 5.41) is 0. The second-order valence-corrected chi connectivity index (χ2v) is 12.8. The average Bonchev–Trinajstić information content (AvgIpc) is 3.48. The van der Waals surface area contributed by atoms with Gasteiger partial charge in [-0.1, -0.05) is 12.2 Å². The van der Waals surface area contributed by atoms with E-state index in [1.807, 2.05) is 45.2 Å². The molecule has 0 spiro atoms. The second-order valence-electron chi connectivity index (χ2n) is 10.3. The van der Waals surface area contributed by atoms with Crippen LogP contribution in [0, 0.1) is 59.9 Å². The van der Waals surface area contributed by atoms with Crippen LogP contribution in [0.25, 0.3) is 0 Å². The molecule has 0 heterocycles. The summed E-state index contributed by atoms with van der Waals surface area (Å²) in [4.78, 5) is 39.4. The Hall–Kier alpha value is -2.30. The molecule has 0 amide bonds. The fourth-order valence-corrected chi connectivity index (χ4v) is 6.75. The molecular formula is C27H21F5I2O6. The highest BCUT2D eigenvalue weighted by molar-refractivity contribution is 14.1. The molecule has 2 aliphatic rings. The Morgan fingerprint density at radius 3 is 1.93 bits per heavy atom. The number of hydrogen-bond acceptors (Lipinski definition) is 6. The van der Waals surface area contributed by atoms with E-state index >= 15 is 0 Å². The van der Waals surface area contributed by atoms with Crippen molar-refractivity contribution in [2.45, 2.75) is 39.4 Å². The van der Waals surface area contributed by atoms with Crippen molar-refractivity contribution in [3.63, 3.8) is 0 Å². The van der Waals surface area contributed by atoms with Gasteiger partial charge in [0.2, 0.25) is 5.82 Å². The lowest BCUT2D eigenvalue weighted by Gasteiger charge is -2.26. The van der Waals surface area contributed by atoms with Gasteiger partial charge in [-0.3, -0.25) is 9.59 Å². The van der Waals surface area contributed by atoms with Crippen LogP contribution in [0.2, 0.25) is 0 Å². The molecule has 4 unspecified atom stereocenters. The van der Waals surface area contributed by atoms with E-state index in [-0.39, 0.29) is 11.3 Å². The molecule has 0 N–H and O–H groups in total. The minimum absolute atomic E-state index is 0.00344. The molecule has 0 saturated heterocycles. The summed E-state index contributed by atoms with van der Waals surface area (Å²) in [7, 11) is 0. The molecule has 2 aromatic carbocycles. The molecule has 13 heteroatoms. The van der Waals surface area contributed by atoms with E-state index < -0.39 is 88.4 Å². The van der Waals surface area contributed by atoms with Gasteiger partial charge >= 0.3 is 17.9 Å². The zero-order valence-corrected chi connectivity index (χ0v) is 25.4. The number of esters is 3. The Morgan fingerprint density at radius 2 is 1.38 bits per heavy atom. The fourth-order valence-electron chi connectivity index (χ4n) is 4.80. The lowest BCUT2D eigenvalue weighted by atomic mass is 9.83. The summed E-state index contributed by atoms with van der Waals surface area (Å²) >= 11 is 3.90. The molecule has 214 valence electrons. The SMILES string of the molecule is CC(C)(C)OC(=O)c1cc(I)cc(I)c1OC(=O)C1C2C=CC(C2)C1C(=O)OCc1c(F)c(F)c(F)c(F)c1F. The van der Waals surface area contributed by atoms with Crippen molar-refractivity contribution in [3.8, 4) is 5.75 Å². The Balaban J connectivity index is 1.58. The molecule has 0 aromatic heterocycles. The third-order valence-electron chi connectivity index (χ3n) is 6.49. The van der Waals surface area contributed by atoms with Crippen LogP contribution in [0.1, 0.15) is 43.1 Å². The zero-order valence-electron chi connectivity index (χ0n) is 21.1. The first kappa shape index (κ1) is 30.7. The van der Waals surface area contributed by atoms with Gasteiger partial charge in [0.1, 0.15) is 17.8 Å². The Bertz CT molecular complexity index is 1410. The highest BCUT2D eigenvalue weighted by atomic mass is 127. The van der Waals surface area contributed by atoms with Crippen molar-refractivity contribution in [1.82, 2.24) is 0 Å². The van der Waals surface area contributed by atoms with Gasteiger partial charge in [-0.15, -0.1) is 0 Å². The second kappa shape index (κ2) is 11.5. The summed E-state index contributed by atoms with van der Waals surface area (Å²) in [5.41, 5.74) is -2.13. The quantitative estimate of drug-likeness (QED) is 0.0622. The fraction of sp³-hybridized carbons (Fsp3) is 0.370. The van der Waals surface area contributed by atoms with Crippen molar-refractivity contribution in [2.24, 2.45) is 23.7 Å². The number of fused-ring (bicyclic) bond motifs is 2. The van der Waals surface area contributed by atoms with E-state index in [1.165, 1.54) is 6.07 Å². The van der Waals surface area contributed by atoms with Crippen LogP contribution in [0.5, 0.6) is 5.75 Å². The molecule has 2 aromatic rings. The summed E-state index contributed by atoms with van der Waals surface area (Å²) in [6, 6.07) is 3.17. The van der Waals surface area contributed by atoms with Crippen molar-refractivity contribution in [2.75, 3.05) is 0 Å². The first-order chi connectivity index (χ1) is 18.6. The van der Waals surface area contributed by atoms with Crippen LogP contribution in [-0.4, -0.2) is 23.5 Å². The van der Waals surface area contributed by atoms with Gasteiger partial charge in [-0.25, -0.2) is 26.7 Å². The van der Waals surface area contributed by atoms with Crippen molar-refractivity contribution in [3.05, 3.63) is 71.6 Å². The summed E-state index contributed by atoms with van der Waals surface area (Å²) in [6.45, 7) is 3.81. The van der Waals surface area contributed by atoms with Crippen LogP contribution < -0.4 is 4.74 Å². The van der Waals surface area contributed by atoms with E-state index in [9.17, 15) is 36.3 Å². The molecule has 40 heavy (non-hydrogen) atoms. The van der Waals surface area contributed by atoms with Crippen molar-refractivity contribution < 1.29 is 50.5 Å². The predicted molar refractivity (Wildman–Crippen MR) is 146 cm³/mol. The topological polar surface area (TPSA) is 78.9 Å². The standard InChI is InChI=1S/C27H21F5I2O6/c1-27(2,3)40-24(35)13-7-12(33)8-15(34)23(13)39-26(37)17-11-5-4-10(6-11)16(17)25(36)38-9-14-18(28)20(30)22(32)21(31)19(14)29/h4-5,7-8,10-11,16-17H,6,9H2,1-3H3. The van der Waals surface area contributed by atoms with E-state index in [0.29, 0.717) is 13.6 Å². The lowest BCUT2D eigenvalue weighted by molar-refractivity contribution is -0.158. The van der Waals surface area contributed by atoms with Gasteiger partial charge in [-0.2, -0.15) is 0 Å². The number of halogens is 7. The Labute approximate surface area is 252 Å². The van der Waals surface area contributed by atoms with Gasteiger partial charge in [0.05, 0.1) is 21.0 Å². The molecule has 0 aliphatic heterocycles. The van der Waals surface area contributed by atoms with E-state index in [0.717, 1.165) is 0 Å². The first-order valence-corrected chi connectivity index (χ1v) is 14.1. The van der Waals surface area contributed by atoms with Gasteiger partial charge < -0.3 is 14.2 Å². The average molecular weight is 790 g/mol. The van der Waals surface area contributed by atoms with Crippen LogP contribution >= 0.6 is 45.2 Å². The molecule has 4 rings (SSSR count). The number of benzene rings is 2. The normalized spacial score (nSPS) is 21.4. The highest BCUT2D eigenvalue weighted by Crippen LogP contribution is 2.49. The minimum atomic E-state index is -2.33. The summed E-state index contributed by atoms with van der Waals surface area (Å²) < 4.78 is 85.8. The van der Waals surface area contributed by atoms with Gasteiger partial charge in [0, 0.05) is 3.57 Å². The molecule has 6 nitrogen and oxygen atoms in total. The third kappa shape index (κ3) is 5.99. The van der Waals surface area contributed by atoms with Crippen LogP contribution in [0.15, 0.2) is 24.3 Å². The number of ether oxygens (including phenoxy) is 3. The predicted octanol–water partition coefficient (Wildman–Crippen LogP) is 6.63. The Morgan fingerprint density at radius 1 is 0.850 bits per heavy atom. The maximum Gasteiger partial charge on any atom is 0.342 e. The summed E-state index contributed by atoms with van der Waals surface area (Å²) in [5.74, 6) is -16.7. The maximum atomic E-state index is 14.1. The Kier molecular flexibility index (Phi) is 8.83. The minimum Gasteiger partial charge on any atom is -0.460 e. The van der Waals surface area contributed by atoms with E-state index in [2.05, 4.69) is 0 Å². The first-order valence-electron chi connectivity index (χ1n) is 11.9. The number of carbonyl (C=O) groups excluding carboxylic acids is 3. The van der Waals surface area contributed by atoms with Crippen LogP contribution in [0.3, 0.4) is 0 Å². The monoisotopic (exact) mass is 790 g/mol. The smallest absolute Gasteiger partial charge is 0.342 e. The number of rotatable bonds is 6. The molecule has 1 fully saturated rings. The van der Waals surface area contributed by atoms with Crippen molar-refractivity contribution in [1.29, 1.82) is 0 Å².